The summed E-state index contributed by atoms with van der Waals surface area (Å²) in [5.41, 5.74) is 0. The van der Waals surface area contributed by atoms with E-state index in [4.69, 9.17) is 21.5 Å². The quantitative estimate of drug-likeness (QED) is 0.560. The zero-order valence-corrected chi connectivity index (χ0v) is 5.28. The van der Waals surface area contributed by atoms with Crippen molar-refractivity contribution in [2.75, 3.05) is 12.6 Å². The maximum Gasteiger partial charge on any atom is 0.335 e. The molecule has 0 rings (SSSR count). The van der Waals surface area contributed by atoms with Crippen LogP contribution in [0.5, 0.6) is 0 Å². The summed E-state index contributed by atoms with van der Waals surface area (Å²) in [6.45, 7) is 0.613. The smallest absolute Gasteiger partial charge is 0.335 e. The van der Waals surface area contributed by atoms with Gasteiger partial charge in [0.05, 0.1) is 0 Å². The molecule has 0 bridgehead atoms. The van der Waals surface area contributed by atoms with Crippen LogP contribution in [0.1, 0.15) is 6.92 Å². The molecule has 8 heavy (non-hydrogen) atoms. The van der Waals surface area contributed by atoms with E-state index in [0.717, 1.165) is 5.88 Å². The standard InChI is InChI=1S/C2H5Cl.C2H3FO2/c1-2-3;3-1-2(4)5/h2H2,1H3;1H2,(H,4,5). The Bertz CT molecular complexity index is 58.0. The van der Waals surface area contributed by atoms with Gasteiger partial charge in [0.2, 0.25) is 0 Å². The molecule has 1 N–H and O–H groups in total. The average molecular weight is 143 g/mol. The molecule has 4 heteroatoms. The van der Waals surface area contributed by atoms with Crippen LogP contribution in [0.3, 0.4) is 0 Å². The molecule has 50 valence electrons. The van der Waals surface area contributed by atoms with Gasteiger partial charge >= 0.3 is 5.97 Å². The van der Waals surface area contributed by atoms with Crippen molar-refractivity contribution >= 4 is 17.6 Å². The van der Waals surface area contributed by atoms with Crippen molar-refractivity contribution in [3.8, 4) is 0 Å². The molecule has 0 aliphatic heterocycles. The molecule has 0 fully saturated rings. The number of carboxylic acids is 1. The van der Waals surface area contributed by atoms with Crippen LogP contribution in [0.4, 0.5) is 4.39 Å². The first-order valence-corrected chi connectivity index (χ1v) is 2.56. The van der Waals surface area contributed by atoms with Gasteiger partial charge in [0.1, 0.15) is 0 Å². The molecule has 0 radical (unpaired) electrons. The van der Waals surface area contributed by atoms with Gasteiger partial charge in [-0.2, -0.15) is 0 Å². The molecule has 0 aromatic heterocycles. The summed E-state index contributed by atoms with van der Waals surface area (Å²) in [5.74, 6) is -0.690. The van der Waals surface area contributed by atoms with E-state index in [0.29, 0.717) is 0 Å². The van der Waals surface area contributed by atoms with Gasteiger partial charge in [-0.1, -0.05) is 6.92 Å². The van der Waals surface area contributed by atoms with E-state index >= 15 is 0 Å². The molecule has 0 aromatic rings. The third kappa shape index (κ3) is 43.8. The third-order valence-electron chi connectivity index (χ3n) is 0.114. The highest BCUT2D eigenvalue weighted by Gasteiger charge is 1.85. The lowest BCUT2D eigenvalue weighted by atomic mass is 10.8. The Hall–Kier alpha value is -0.310. The number of carbonyl (C=O) groups is 1. The van der Waals surface area contributed by atoms with E-state index in [9.17, 15) is 4.39 Å². The molecule has 0 saturated carbocycles. The second-order valence-corrected chi connectivity index (χ2v) is 1.33. The summed E-state index contributed by atoms with van der Waals surface area (Å²) in [7, 11) is 0. The average Bonchev–Trinajstić information content (AvgIpc) is 1.69. The van der Waals surface area contributed by atoms with Crippen LogP contribution in [0, 0.1) is 0 Å². The number of alkyl halides is 2. The number of carboxylic acid groups (broad SMARTS) is 1. The fourth-order valence-corrected chi connectivity index (χ4v) is 0. The maximum atomic E-state index is 10.5. The summed E-state index contributed by atoms with van der Waals surface area (Å²) in [5, 5.41) is 7.35. The number of hydrogen-bond acceptors (Lipinski definition) is 1. The van der Waals surface area contributed by atoms with E-state index in [-0.39, 0.29) is 0 Å². The van der Waals surface area contributed by atoms with Crippen LogP contribution < -0.4 is 0 Å². The zero-order chi connectivity index (χ0) is 6.99. The molecule has 0 amide bonds. The lowest BCUT2D eigenvalue weighted by molar-refractivity contribution is -0.137. The van der Waals surface area contributed by atoms with Gasteiger partial charge in [-0.15, -0.1) is 11.6 Å². The predicted octanol–water partition coefficient (Wildman–Crippen LogP) is 1.29. The lowest BCUT2D eigenvalue weighted by Crippen LogP contribution is -1.93. The van der Waals surface area contributed by atoms with E-state index in [1.165, 1.54) is 0 Å². The van der Waals surface area contributed by atoms with E-state index in [2.05, 4.69) is 0 Å². The Morgan fingerprint density at radius 3 is 2.00 bits per heavy atom. The Labute approximate surface area is 52.3 Å². The Kier molecular flexibility index (Phi) is 13.1. The molecule has 0 heterocycles. The number of aliphatic carboxylic acids is 1. The molecular formula is C4H8ClFO2. The van der Waals surface area contributed by atoms with Crippen molar-refractivity contribution in [2.24, 2.45) is 0 Å². The van der Waals surface area contributed by atoms with Crippen LogP contribution in [0.2, 0.25) is 0 Å². The normalized spacial score (nSPS) is 6.88. The largest absolute Gasteiger partial charge is 0.479 e. The van der Waals surface area contributed by atoms with E-state index < -0.39 is 12.6 Å². The zero-order valence-electron chi connectivity index (χ0n) is 4.53. The van der Waals surface area contributed by atoms with Crippen molar-refractivity contribution in [3.63, 3.8) is 0 Å². The topological polar surface area (TPSA) is 37.3 Å². The Morgan fingerprint density at radius 1 is 1.88 bits per heavy atom. The summed E-state index contributed by atoms with van der Waals surface area (Å²) < 4.78 is 10.5. The Morgan fingerprint density at radius 2 is 2.00 bits per heavy atom. The molecule has 0 aliphatic carbocycles. The number of halogens is 2. The van der Waals surface area contributed by atoms with Crippen LogP contribution in [0.25, 0.3) is 0 Å². The summed E-state index contributed by atoms with van der Waals surface area (Å²) in [6.07, 6.45) is 0. The molecular weight excluding hydrogens is 134 g/mol. The van der Waals surface area contributed by atoms with Gasteiger partial charge in [0.25, 0.3) is 0 Å². The first-order valence-electron chi connectivity index (χ1n) is 2.02. The minimum atomic E-state index is -1.41. The predicted molar refractivity (Wildman–Crippen MR) is 30.0 cm³/mol. The first kappa shape index (κ1) is 10.6. The van der Waals surface area contributed by atoms with Crippen molar-refractivity contribution in [1.29, 1.82) is 0 Å². The van der Waals surface area contributed by atoms with Gasteiger partial charge < -0.3 is 5.11 Å². The highest BCUT2D eigenvalue weighted by molar-refractivity contribution is 6.17. The highest BCUT2D eigenvalue weighted by Crippen LogP contribution is 1.60. The summed E-state index contributed by atoms with van der Waals surface area (Å²) >= 11 is 5.00. The molecule has 0 spiro atoms. The molecule has 0 aliphatic rings. The lowest BCUT2D eigenvalue weighted by Gasteiger charge is -1.69. The summed E-state index contributed by atoms with van der Waals surface area (Å²) in [6, 6.07) is 0. The van der Waals surface area contributed by atoms with Crippen molar-refractivity contribution in [2.45, 2.75) is 6.92 Å². The molecule has 0 aromatic carbocycles. The van der Waals surface area contributed by atoms with Crippen LogP contribution in [0.15, 0.2) is 0 Å². The van der Waals surface area contributed by atoms with E-state index in [1.807, 2.05) is 6.92 Å². The first-order chi connectivity index (χ1) is 3.68. The molecule has 0 saturated heterocycles. The molecule has 0 unspecified atom stereocenters. The van der Waals surface area contributed by atoms with Gasteiger partial charge in [-0.05, 0) is 0 Å². The number of hydrogen-bond donors (Lipinski definition) is 1. The maximum absolute atomic E-state index is 10.5. The van der Waals surface area contributed by atoms with Gasteiger partial charge in [0, 0.05) is 5.88 Å². The second kappa shape index (κ2) is 9.85. The molecule has 0 atom stereocenters. The van der Waals surface area contributed by atoms with Crippen LogP contribution in [-0.4, -0.2) is 23.6 Å². The monoisotopic (exact) mass is 142 g/mol. The van der Waals surface area contributed by atoms with Crippen molar-refractivity contribution in [1.82, 2.24) is 0 Å². The highest BCUT2D eigenvalue weighted by atomic mass is 35.5. The van der Waals surface area contributed by atoms with Crippen molar-refractivity contribution < 1.29 is 14.3 Å². The Balaban J connectivity index is 0. The fourth-order valence-electron chi connectivity index (χ4n) is 0. The van der Waals surface area contributed by atoms with Gasteiger partial charge in [-0.25, -0.2) is 9.18 Å². The molecule has 2 nitrogen and oxygen atoms in total. The summed E-state index contributed by atoms with van der Waals surface area (Å²) in [4.78, 5) is 8.99. The van der Waals surface area contributed by atoms with Crippen LogP contribution in [-0.2, 0) is 4.79 Å². The SMILES string of the molecule is CCCl.O=C(O)CF. The van der Waals surface area contributed by atoms with E-state index in [1.54, 1.807) is 0 Å². The minimum absolute atomic E-state index is 0.722. The number of rotatable bonds is 1. The third-order valence-corrected chi connectivity index (χ3v) is 0.114. The van der Waals surface area contributed by atoms with Crippen molar-refractivity contribution in [3.05, 3.63) is 0 Å². The van der Waals surface area contributed by atoms with Crippen LogP contribution >= 0.6 is 11.6 Å². The second-order valence-electron chi connectivity index (χ2n) is 0.795. The minimum Gasteiger partial charge on any atom is -0.479 e. The fraction of sp³-hybridized carbons (Fsp3) is 0.750. The van der Waals surface area contributed by atoms with Gasteiger partial charge in [-0.3, -0.25) is 0 Å². The van der Waals surface area contributed by atoms with Gasteiger partial charge in [0.15, 0.2) is 6.67 Å².